The number of rotatable bonds is 6. The predicted octanol–water partition coefficient (Wildman–Crippen LogP) is 4.72. The number of thioether (sulfide) groups is 1. The summed E-state index contributed by atoms with van der Waals surface area (Å²) < 4.78 is 26.6. The summed E-state index contributed by atoms with van der Waals surface area (Å²) in [6.07, 6.45) is 0. The van der Waals surface area contributed by atoms with Gasteiger partial charge in [-0.25, -0.2) is 8.78 Å². The maximum absolute atomic E-state index is 13.7. The second-order valence-electron chi connectivity index (χ2n) is 4.91. The smallest absolute Gasteiger partial charge is 0.139 e. The first-order valence-corrected chi connectivity index (χ1v) is 7.96. The minimum Gasteiger partial charge on any atom is -0.309 e. The minimum absolute atomic E-state index is 0.144. The molecule has 0 fully saturated rings. The van der Waals surface area contributed by atoms with Gasteiger partial charge in [0.05, 0.1) is 0 Å². The highest BCUT2D eigenvalue weighted by Gasteiger charge is 2.12. The molecule has 0 saturated heterocycles. The molecule has 2 rings (SSSR count). The van der Waals surface area contributed by atoms with E-state index in [1.54, 1.807) is 0 Å². The molecular weight excluding hydrogens is 288 g/mol. The van der Waals surface area contributed by atoms with Crippen LogP contribution >= 0.6 is 11.8 Å². The fraction of sp³-hybridized carbons (Fsp3) is 0.294. The zero-order valence-electron chi connectivity index (χ0n) is 12.2. The van der Waals surface area contributed by atoms with Crippen LogP contribution in [-0.4, -0.2) is 12.3 Å². The second kappa shape index (κ2) is 7.57. The lowest BCUT2D eigenvalue weighted by atomic mass is 10.1. The van der Waals surface area contributed by atoms with E-state index in [0.717, 1.165) is 12.6 Å². The number of aryl methyl sites for hydroxylation is 1. The summed E-state index contributed by atoms with van der Waals surface area (Å²) in [4.78, 5) is 0.478. The number of hydrogen-bond donors (Lipinski definition) is 1. The van der Waals surface area contributed by atoms with Crippen molar-refractivity contribution in [2.75, 3.05) is 12.3 Å². The zero-order chi connectivity index (χ0) is 15.2. The third kappa shape index (κ3) is 4.55. The van der Waals surface area contributed by atoms with Crippen molar-refractivity contribution in [3.63, 3.8) is 0 Å². The Labute approximate surface area is 128 Å². The highest BCUT2D eigenvalue weighted by Crippen LogP contribution is 2.27. The SMILES string of the molecule is CCNC(CSc1ccc(F)cc1F)c1ccc(C)cc1. The summed E-state index contributed by atoms with van der Waals surface area (Å²) in [7, 11) is 0. The fourth-order valence-corrected chi connectivity index (χ4v) is 3.10. The Bertz CT molecular complexity index is 584. The van der Waals surface area contributed by atoms with Gasteiger partial charge < -0.3 is 5.32 Å². The lowest BCUT2D eigenvalue weighted by Crippen LogP contribution is -2.22. The van der Waals surface area contributed by atoms with Crippen LogP contribution in [0.3, 0.4) is 0 Å². The molecule has 112 valence electrons. The van der Waals surface area contributed by atoms with Gasteiger partial charge in [-0.3, -0.25) is 0 Å². The lowest BCUT2D eigenvalue weighted by molar-refractivity contribution is 0.564. The van der Waals surface area contributed by atoms with E-state index in [4.69, 9.17) is 0 Å². The molecule has 2 aromatic carbocycles. The third-order valence-corrected chi connectivity index (χ3v) is 4.37. The summed E-state index contributed by atoms with van der Waals surface area (Å²) >= 11 is 1.40. The molecule has 0 aliphatic carbocycles. The maximum Gasteiger partial charge on any atom is 0.139 e. The van der Waals surface area contributed by atoms with E-state index in [2.05, 4.69) is 36.5 Å². The van der Waals surface area contributed by atoms with E-state index in [1.165, 1.54) is 35.0 Å². The van der Waals surface area contributed by atoms with Gasteiger partial charge in [-0.05, 0) is 31.2 Å². The van der Waals surface area contributed by atoms with E-state index in [9.17, 15) is 8.78 Å². The van der Waals surface area contributed by atoms with Crippen LogP contribution in [0.15, 0.2) is 47.4 Å². The Hall–Kier alpha value is -1.39. The molecule has 4 heteroatoms. The van der Waals surface area contributed by atoms with Gasteiger partial charge in [0, 0.05) is 22.8 Å². The standard InChI is InChI=1S/C17H19F2NS/c1-3-20-16(13-6-4-12(2)5-7-13)11-21-17-9-8-14(18)10-15(17)19/h4-10,16,20H,3,11H2,1-2H3. The van der Waals surface area contributed by atoms with E-state index in [0.29, 0.717) is 10.6 Å². The van der Waals surface area contributed by atoms with Crippen molar-refractivity contribution in [3.8, 4) is 0 Å². The van der Waals surface area contributed by atoms with Crippen LogP contribution in [0.5, 0.6) is 0 Å². The van der Waals surface area contributed by atoms with Crippen LogP contribution in [0, 0.1) is 18.6 Å². The molecule has 1 atom stereocenters. The van der Waals surface area contributed by atoms with Crippen LogP contribution in [-0.2, 0) is 0 Å². The first-order valence-electron chi connectivity index (χ1n) is 6.98. The molecule has 0 aliphatic rings. The molecule has 1 unspecified atom stereocenters. The van der Waals surface area contributed by atoms with Crippen molar-refractivity contribution >= 4 is 11.8 Å². The number of halogens is 2. The van der Waals surface area contributed by atoms with Crippen molar-refractivity contribution in [3.05, 3.63) is 65.2 Å². The van der Waals surface area contributed by atoms with Gasteiger partial charge in [0.1, 0.15) is 11.6 Å². The van der Waals surface area contributed by atoms with Crippen molar-refractivity contribution < 1.29 is 8.78 Å². The molecule has 1 N–H and O–H groups in total. The van der Waals surface area contributed by atoms with E-state index in [-0.39, 0.29) is 6.04 Å². The molecule has 21 heavy (non-hydrogen) atoms. The Kier molecular flexibility index (Phi) is 5.76. The molecule has 0 aliphatic heterocycles. The van der Waals surface area contributed by atoms with Gasteiger partial charge >= 0.3 is 0 Å². The van der Waals surface area contributed by atoms with Crippen molar-refractivity contribution in [1.82, 2.24) is 5.32 Å². The van der Waals surface area contributed by atoms with Gasteiger partial charge in [-0.15, -0.1) is 11.8 Å². The molecular formula is C17H19F2NS. The number of hydrogen-bond acceptors (Lipinski definition) is 2. The molecule has 0 saturated carbocycles. The average molecular weight is 307 g/mol. The lowest BCUT2D eigenvalue weighted by Gasteiger charge is -2.18. The number of nitrogens with one attached hydrogen (secondary N) is 1. The summed E-state index contributed by atoms with van der Waals surface area (Å²) in [6.45, 7) is 4.93. The van der Waals surface area contributed by atoms with Crippen LogP contribution < -0.4 is 5.32 Å². The van der Waals surface area contributed by atoms with Gasteiger partial charge in [0.25, 0.3) is 0 Å². The van der Waals surface area contributed by atoms with Gasteiger partial charge in [0.2, 0.25) is 0 Å². The van der Waals surface area contributed by atoms with E-state index < -0.39 is 11.6 Å². The molecule has 1 nitrogen and oxygen atoms in total. The average Bonchev–Trinajstić information content (AvgIpc) is 2.46. The van der Waals surface area contributed by atoms with Crippen LogP contribution in [0.1, 0.15) is 24.1 Å². The zero-order valence-corrected chi connectivity index (χ0v) is 13.0. The normalized spacial score (nSPS) is 12.4. The van der Waals surface area contributed by atoms with Crippen molar-refractivity contribution in [1.29, 1.82) is 0 Å². The van der Waals surface area contributed by atoms with Gasteiger partial charge in [0.15, 0.2) is 0 Å². The van der Waals surface area contributed by atoms with Crippen LogP contribution in [0.25, 0.3) is 0 Å². The quantitative estimate of drug-likeness (QED) is 0.775. The van der Waals surface area contributed by atoms with E-state index >= 15 is 0 Å². The summed E-state index contributed by atoms with van der Waals surface area (Å²) in [5, 5.41) is 3.40. The Balaban J connectivity index is 2.07. The minimum atomic E-state index is -0.543. The molecule has 2 aromatic rings. The second-order valence-corrected chi connectivity index (χ2v) is 5.97. The largest absolute Gasteiger partial charge is 0.309 e. The molecule has 0 bridgehead atoms. The summed E-state index contributed by atoms with van der Waals surface area (Å²) in [5.74, 6) is -0.350. The molecule has 0 spiro atoms. The molecule has 0 amide bonds. The van der Waals surface area contributed by atoms with Crippen LogP contribution in [0.4, 0.5) is 8.78 Å². The Morgan fingerprint density at radius 3 is 2.43 bits per heavy atom. The molecule has 0 aromatic heterocycles. The number of benzene rings is 2. The maximum atomic E-state index is 13.7. The summed E-state index contributed by atoms with van der Waals surface area (Å²) in [5.41, 5.74) is 2.39. The van der Waals surface area contributed by atoms with Crippen LogP contribution in [0.2, 0.25) is 0 Å². The first kappa shape index (κ1) is 16.0. The molecule has 0 radical (unpaired) electrons. The molecule has 0 heterocycles. The highest BCUT2D eigenvalue weighted by atomic mass is 32.2. The highest BCUT2D eigenvalue weighted by molar-refractivity contribution is 7.99. The monoisotopic (exact) mass is 307 g/mol. The fourth-order valence-electron chi connectivity index (χ4n) is 2.08. The van der Waals surface area contributed by atoms with Gasteiger partial charge in [-0.1, -0.05) is 36.8 Å². The van der Waals surface area contributed by atoms with E-state index in [1.807, 2.05) is 6.92 Å². The van der Waals surface area contributed by atoms with Crippen molar-refractivity contribution in [2.24, 2.45) is 0 Å². The Morgan fingerprint density at radius 2 is 1.81 bits per heavy atom. The van der Waals surface area contributed by atoms with Crippen molar-refractivity contribution in [2.45, 2.75) is 24.8 Å². The predicted molar refractivity (Wildman–Crippen MR) is 84.7 cm³/mol. The summed E-state index contributed by atoms with van der Waals surface area (Å²) in [6, 6.07) is 12.2. The van der Waals surface area contributed by atoms with Gasteiger partial charge in [-0.2, -0.15) is 0 Å². The topological polar surface area (TPSA) is 12.0 Å². The Morgan fingerprint density at radius 1 is 1.10 bits per heavy atom. The first-order chi connectivity index (χ1) is 10.1. The third-order valence-electron chi connectivity index (χ3n) is 3.23.